The summed E-state index contributed by atoms with van der Waals surface area (Å²) in [6, 6.07) is 7.55. The monoisotopic (exact) mass is 290 g/mol. The van der Waals surface area contributed by atoms with Crippen molar-refractivity contribution in [3.63, 3.8) is 0 Å². The number of rotatable bonds is 5. The molecule has 1 aromatic carbocycles. The Labute approximate surface area is 125 Å². The summed E-state index contributed by atoms with van der Waals surface area (Å²) < 4.78 is 0. The van der Waals surface area contributed by atoms with E-state index in [0.717, 1.165) is 18.5 Å². The van der Waals surface area contributed by atoms with Crippen LogP contribution in [-0.2, 0) is 16.0 Å². The van der Waals surface area contributed by atoms with Gasteiger partial charge in [-0.3, -0.25) is 9.59 Å². The average molecular weight is 290 g/mol. The van der Waals surface area contributed by atoms with Gasteiger partial charge in [-0.1, -0.05) is 24.3 Å². The Bertz CT molecular complexity index is 528. The lowest BCUT2D eigenvalue weighted by Crippen LogP contribution is -2.47. The van der Waals surface area contributed by atoms with Gasteiger partial charge in [0.25, 0.3) is 0 Å². The van der Waals surface area contributed by atoms with E-state index in [0.29, 0.717) is 0 Å². The van der Waals surface area contributed by atoms with Crippen molar-refractivity contribution in [2.24, 2.45) is 0 Å². The molecule has 1 aromatic rings. The number of hydrogen-bond acceptors (Lipinski definition) is 3. The molecule has 1 amide bonds. The fraction of sp³-hybridized carbons (Fsp3) is 0.500. The van der Waals surface area contributed by atoms with Crippen molar-refractivity contribution in [3.05, 3.63) is 35.4 Å². The normalized spacial score (nSPS) is 17.4. The summed E-state index contributed by atoms with van der Waals surface area (Å²) in [6.07, 6.45) is 0.884. The molecule has 1 heterocycles. The van der Waals surface area contributed by atoms with Crippen molar-refractivity contribution >= 4 is 11.9 Å². The van der Waals surface area contributed by atoms with Gasteiger partial charge in [0.15, 0.2) is 0 Å². The Morgan fingerprint density at radius 3 is 2.76 bits per heavy atom. The minimum Gasteiger partial charge on any atom is -0.481 e. The molecule has 0 radical (unpaired) electrons. The van der Waals surface area contributed by atoms with E-state index >= 15 is 0 Å². The summed E-state index contributed by atoms with van der Waals surface area (Å²) in [6.45, 7) is 4.83. The minimum atomic E-state index is -0.884. The molecule has 114 valence electrons. The molecule has 0 saturated carbocycles. The number of fused-ring (bicyclic) bond motifs is 1. The highest BCUT2D eigenvalue weighted by molar-refractivity contribution is 5.84. The van der Waals surface area contributed by atoms with E-state index in [9.17, 15) is 9.59 Å². The van der Waals surface area contributed by atoms with Gasteiger partial charge in [-0.15, -0.1) is 0 Å². The molecule has 1 unspecified atom stereocenters. The van der Waals surface area contributed by atoms with Crippen LogP contribution >= 0.6 is 0 Å². The molecule has 0 aromatic heterocycles. The van der Waals surface area contributed by atoms with Gasteiger partial charge in [0.05, 0.1) is 6.42 Å². The lowest BCUT2D eigenvalue weighted by atomic mass is 9.93. The Hall–Kier alpha value is -1.88. The van der Waals surface area contributed by atoms with Crippen LogP contribution in [0.2, 0.25) is 0 Å². The van der Waals surface area contributed by atoms with Crippen molar-refractivity contribution in [2.75, 3.05) is 13.1 Å². The smallest absolute Gasteiger partial charge is 0.305 e. The number of benzene rings is 1. The highest BCUT2D eigenvalue weighted by Gasteiger charge is 2.30. The predicted molar refractivity (Wildman–Crippen MR) is 80.0 cm³/mol. The molecule has 5 heteroatoms. The quantitative estimate of drug-likeness (QED) is 0.864. The molecule has 0 spiro atoms. The standard InChI is InChI=1S/C16H22N2O3/c1-11(2)18(10-8-14(19)20)16(21)15-13-6-4-3-5-12(13)7-9-17-15/h3-6,11,15,17H,7-10H2,1-2H3,(H,19,20). The van der Waals surface area contributed by atoms with Gasteiger partial charge >= 0.3 is 5.97 Å². The van der Waals surface area contributed by atoms with Crippen LogP contribution in [0.5, 0.6) is 0 Å². The van der Waals surface area contributed by atoms with Crippen LogP contribution in [0.1, 0.15) is 37.4 Å². The third-order valence-corrected chi connectivity index (χ3v) is 3.83. The summed E-state index contributed by atoms with van der Waals surface area (Å²) in [5, 5.41) is 12.1. The van der Waals surface area contributed by atoms with Crippen molar-refractivity contribution in [1.29, 1.82) is 0 Å². The number of aliphatic carboxylic acids is 1. The average Bonchev–Trinajstić information content (AvgIpc) is 2.46. The van der Waals surface area contributed by atoms with E-state index in [1.807, 2.05) is 38.1 Å². The maximum absolute atomic E-state index is 12.8. The number of carboxylic acid groups (broad SMARTS) is 1. The van der Waals surface area contributed by atoms with Crippen molar-refractivity contribution in [3.8, 4) is 0 Å². The van der Waals surface area contributed by atoms with Crippen LogP contribution in [0.4, 0.5) is 0 Å². The molecule has 5 nitrogen and oxygen atoms in total. The van der Waals surface area contributed by atoms with E-state index in [1.165, 1.54) is 5.56 Å². The van der Waals surface area contributed by atoms with Crippen molar-refractivity contribution < 1.29 is 14.7 Å². The van der Waals surface area contributed by atoms with Crippen LogP contribution in [0, 0.1) is 0 Å². The highest BCUT2D eigenvalue weighted by atomic mass is 16.4. The molecule has 2 rings (SSSR count). The molecule has 21 heavy (non-hydrogen) atoms. The van der Waals surface area contributed by atoms with E-state index < -0.39 is 5.97 Å². The number of carbonyl (C=O) groups excluding carboxylic acids is 1. The number of carboxylic acids is 1. The van der Waals surface area contributed by atoms with E-state index in [1.54, 1.807) is 4.90 Å². The molecule has 0 bridgehead atoms. The van der Waals surface area contributed by atoms with Gasteiger partial charge in [0, 0.05) is 19.1 Å². The second-order valence-corrected chi connectivity index (χ2v) is 5.61. The zero-order chi connectivity index (χ0) is 15.4. The molecule has 1 aliphatic rings. The molecular formula is C16H22N2O3. The van der Waals surface area contributed by atoms with Gasteiger partial charge in [0.2, 0.25) is 5.91 Å². The summed E-state index contributed by atoms with van der Waals surface area (Å²) in [7, 11) is 0. The van der Waals surface area contributed by atoms with Crippen molar-refractivity contribution in [1.82, 2.24) is 10.2 Å². The second kappa shape index (κ2) is 6.72. The third-order valence-electron chi connectivity index (χ3n) is 3.83. The Morgan fingerprint density at radius 2 is 2.10 bits per heavy atom. The number of nitrogens with zero attached hydrogens (tertiary/aromatic N) is 1. The number of nitrogens with one attached hydrogen (secondary N) is 1. The van der Waals surface area contributed by atoms with Gasteiger partial charge in [-0.2, -0.15) is 0 Å². The van der Waals surface area contributed by atoms with Crippen LogP contribution in [0.15, 0.2) is 24.3 Å². The number of hydrogen-bond donors (Lipinski definition) is 2. The van der Waals surface area contributed by atoms with Crippen LogP contribution in [0.25, 0.3) is 0 Å². The van der Waals surface area contributed by atoms with Crippen molar-refractivity contribution in [2.45, 2.75) is 38.8 Å². The second-order valence-electron chi connectivity index (χ2n) is 5.61. The molecule has 0 saturated heterocycles. The predicted octanol–water partition coefficient (Wildman–Crippen LogP) is 1.59. The molecule has 0 aliphatic carbocycles. The molecule has 0 fully saturated rings. The van der Waals surface area contributed by atoms with Gasteiger partial charge in [-0.25, -0.2) is 0 Å². The first-order chi connectivity index (χ1) is 10.0. The minimum absolute atomic E-state index is 0.0206. The highest BCUT2D eigenvalue weighted by Crippen LogP contribution is 2.25. The first-order valence-electron chi connectivity index (χ1n) is 7.34. The number of carbonyl (C=O) groups is 2. The molecular weight excluding hydrogens is 268 g/mol. The van der Waals surface area contributed by atoms with E-state index in [-0.39, 0.29) is 31.0 Å². The lowest BCUT2D eigenvalue weighted by molar-refractivity contribution is -0.140. The van der Waals surface area contributed by atoms with Gasteiger partial charge in [0.1, 0.15) is 6.04 Å². The molecule has 1 aliphatic heterocycles. The third kappa shape index (κ3) is 3.61. The maximum Gasteiger partial charge on any atom is 0.305 e. The Morgan fingerprint density at radius 1 is 1.38 bits per heavy atom. The SMILES string of the molecule is CC(C)N(CCC(=O)O)C(=O)C1NCCc2ccccc21. The fourth-order valence-electron chi connectivity index (χ4n) is 2.73. The zero-order valence-corrected chi connectivity index (χ0v) is 12.5. The summed E-state index contributed by atoms with van der Waals surface area (Å²) in [5.74, 6) is -0.927. The molecule has 2 N–H and O–H groups in total. The van der Waals surface area contributed by atoms with Crippen LogP contribution in [0.3, 0.4) is 0 Å². The summed E-state index contributed by atoms with van der Waals surface area (Å²) in [4.78, 5) is 25.2. The van der Waals surface area contributed by atoms with Gasteiger partial charge < -0.3 is 15.3 Å². The Balaban J connectivity index is 2.19. The Kier molecular flexibility index (Phi) is 4.96. The lowest BCUT2D eigenvalue weighted by Gasteiger charge is -2.33. The van der Waals surface area contributed by atoms with E-state index in [4.69, 9.17) is 5.11 Å². The first kappa shape index (κ1) is 15.5. The zero-order valence-electron chi connectivity index (χ0n) is 12.5. The number of amides is 1. The van der Waals surface area contributed by atoms with Crippen LogP contribution < -0.4 is 5.32 Å². The molecule has 1 atom stereocenters. The largest absolute Gasteiger partial charge is 0.481 e. The van der Waals surface area contributed by atoms with E-state index in [2.05, 4.69) is 5.32 Å². The topological polar surface area (TPSA) is 69.6 Å². The maximum atomic E-state index is 12.8. The fourth-order valence-corrected chi connectivity index (χ4v) is 2.73. The first-order valence-corrected chi connectivity index (χ1v) is 7.34. The van der Waals surface area contributed by atoms with Crippen LogP contribution in [-0.4, -0.2) is 41.0 Å². The summed E-state index contributed by atoms with van der Waals surface area (Å²) >= 11 is 0. The summed E-state index contributed by atoms with van der Waals surface area (Å²) in [5.41, 5.74) is 2.20. The van der Waals surface area contributed by atoms with Gasteiger partial charge in [-0.05, 0) is 31.4 Å².